The number of nitrogens with zero attached hydrogens (tertiary/aromatic N) is 3. The summed E-state index contributed by atoms with van der Waals surface area (Å²) >= 11 is 0. The zero-order chi connectivity index (χ0) is 17.6. The van der Waals surface area contributed by atoms with Crippen LogP contribution in [0.4, 0.5) is 11.8 Å². The first-order chi connectivity index (χ1) is 11.9. The lowest BCUT2D eigenvalue weighted by molar-refractivity contribution is 0.597. The number of anilines is 2. The number of primary sulfonamides is 1. The molecule has 2 heterocycles. The molecule has 132 valence electrons. The molecule has 8 heteroatoms. The van der Waals surface area contributed by atoms with E-state index in [0.29, 0.717) is 18.4 Å². The van der Waals surface area contributed by atoms with Gasteiger partial charge in [0.2, 0.25) is 16.0 Å². The molecule has 3 N–H and O–H groups in total. The Kier molecular flexibility index (Phi) is 3.88. The first-order valence-electron chi connectivity index (χ1n) is 8.40. The van der Waals surface area contributed by atoms with E-state index in [1.54, 1.807) is 12.1 Å². The first-order valence-corrected chi connectivity index (χ1v) is 9.95. The van der Waals surface area contributed by atoms with E-state index in [-0.39, 0.29) is 4.90 Å². The monoisotopic (exact) mass is 359 g/mol. The quantitative estimate of drug-likeness (QED) is 0.860. The van der Waals surface area contributed by atoms with Crippen LogP contribution in [0.3, 0.4) is 0 Å². The minimum absolute atomic E-state index is 0.158. The number of benzene rings is 1. The number of hydrogen-bond donors (Lipinski definition) is 2. The summed E-state index contributed by atoms with van der Waals surface area (Å²) in [4.78, 5) is 11.5. The van der Waals surface area contributed by atoms with Gasteiger partial charge in [-0.25, -0.2) is 18.5 Å². The molecule has 1 aromatic heterocycles. The molecule has 2 aliphatic rings. The predicted molar refractivity (Wildman–Crippen MR) is 96.1 cm³/mol. The van der Waals surface area contributed by atoms with Gasteiger partial charge in [-0.2, -0.15) is 4.98 Å². The maximum Gasteiger partial charge on any atom is 0.238 e. The van der Waals surface area contributed by atoms with E-state index >= 15 is 0 Å². The highest BCUT2D eigenvalue weighted by Crippen LogP contribution is 2.40. The van der Waals surface area contributed by atoms with Gasteiger partial charge in [0.05, 0.1) is 10.6 Å². The summed E-state index contributed by atoms with van der Waals surface area (Å²) in [5.41, 5.74) is 3.22. The lowest BCUT2D eigenvalue weighted by Gasteiger charge is -2.30. The maximum atomic E-state index is 11.6. The summed E-state index contributed by atoms with van der Waals surface area (Å²) in [7, 11) is -1.87. The van der Waals surface area contributed by atoms with Crippen molar-refractivity contribution in [3.05, 3.63) is 41.1 Å². The fraction of sp³-hybridized carbons (Fsp3) is 0.412. The molecule has 0 saturated heterocycles. The van der Waals surface area contributed by atoms with Crippen LogP contribution in [-0.2, 0) is 23.0 Å². The highest BCUT2D eigenvalue weighted by atomic mass is 32.2. The molecule has 1 saturated carbocycles. The second kappa shape index (κ2) is 5.96. The topological polar surface area (TPSA) is 101 Å². The van der Waals surface area contributed by atoms with Gasteiger partial charge >= 0.3 is 0 Å². The Balaban J connectivity index is 1.67. The average Bonchev–Trinajstić information content (AvgIpc) is 3.44. The van der Waals surface area contributed by atoms with Crippen LogP contribution in [-0.4, -0.2) is 32.0 Å². The molecule has 1 fully saturated rings. The fourth-order valence-electron chi connectivity index (χ4n) is 3.22. The van der Waals surface area contributed by atoms with Crippen molar-refractivity contribution >= 4 is 21.8 Å². The van der Waals surface area contributed by atoms with Gasteiger partial charge in [0.1, 0.15) is 5.82 Å². The molecule has 2 aromatic rings. The Morgan fingerprint density at radius 2 is 2.00 bits per heavy atom. The first kappa shape index (κ1) is 16.3. The Bertz CT molecular complexity index is 925. The summed E-state index contributed by atoms with van der Waals surface area (Å²) in [6.45, 7) is 1.45. The molecule has 0 atom stereocenters. The van der Waals surface area contributed by atoms with Gasteiger partial charge in [-0.1, -0.05) is 6.07 Å². The largest absolute Gasteiger partial charge is 0.357 e. The number of nitrogens with two attached hydrogens (primary N) is 1. The molecule has 0 radical (unpaired) electrons. The number of hydrogen-bond acceptors (Lipinski definition) is 6. The van der Waals surface area contributed by atoms with Gasteiger partial charge in [-0.15, -0.1) is 0 Å². The summed E-state index contributed by atoms with van der Waals surface area (Å²) in [5, 5.41) is 8.30. The van der Waals surface area contributed by atoms with E-state index in [4.69, 9.17) is 5.14 Å². The van der Waals surface area contributed by atoms with Crippen LogP contribution >= 0.6 is 0 Å². The van der Waals surface area contributed by atoms with Crippen LogP contribution in [0.5, 0.6) is 0 Å². The minimum Gasteiger partial charge on any atom is -0.357 e. The van der Waals surface area contributed by atoms with Gasteiger partial charge < -0.3 is 10.2 Å². The van der Waals surface area contributed by atoms with Crippen LogP contribution in [0, 0.1) is 0 Å². The molecule has 0 bridgehead atoms. The average molecular weight is 359 g/mol. The van der Waals surface area contributed by atoms with Crippen LogP contribution < -0.4 is 15.4 Å². The number of rotatable bonds is 4. The zero-order valence-corrected chi connectivity index (χ0v) is 14.9. The third-order valence-electron chi connectivity index (χ3n) is 4.79. The smallest absolute Gasteiger partial charge is 0.238 e. The number of fused-ring (bicyclic) bond motifs is 1. The van der Waals surface area contributed by atoms with Gasteiger partial charge in [-0.3, -0.25) is 0 Å². The third kappa shape index (κ3) is 3.32. The minimum atomic E-state index is -3.69. The van der Waals surface area contributed by atoms with Crippen LogP contribution in [0.2, 0.25) is 0 Å². The normalized spacial score (nSPS) is 17.3. The van der Waals surface area contributed by atoms with Crippen molar-refractivity contribution in [1.29, 1.82) is 0 Å². The lowest BCUT2D eigenvalue weighted by Crippen LogP contribution is -2.31. The van der Waals surface area contributed by atoms with Gasteiger partial charge in [0, 0.05) is 32.1 Å². The van der Waals surface area contributed by atoms with E-state index in [1.807, 2.05) is 13.1 Å². The predicted octanol–water partition coefficient (Wildman–Crippen LogP) is 1.61. The van der Waals surface area contributed by atoms with E-state index < -0.39 is 10.0 Å². The van der Waals surface area contributed by atoms with Crippen molar-refractivity contribution < 1.29 is 8.42 Å². The Labute approximate surface area is 147 Å². The van der Waals surface area contributed by atoms with E-state index in [0.717, 1.165) is 35.6 Å². The summed E-state index contributed by atoms with van der Waals surface area (Å²) in [6, 6.07) is 7.19. The van der Waals surface area contributed by atoms with E-state index in [9.17, 15) is 8.42 Å². The summed E-state index contributed by atoms with van der Waals surface area (Å²) < 4.78 is 23.2. The summed E-state index contributed by atoms with van der Waals surface area (Å²) in [6.07, 6.45) is 3.21. The van der Waals surface area contributed by atoms with Gasteiger partial charge in [-0.05, 0) is 42.5 Å². The molecule has 1 aliphatic heterocycles. The van der Waals surface area contributed by atoms with Crippen molar-refractivity contribution in [3.8, 4) is 0 Å². The highest BCUT2D eigenvalue weighted by molar-refractivity contribution is 7.89. The van der Waals surface area contributed by atoms with Gasteiger partial charge in [0.25, 0.3) is 0 Å². The second-order valence-electron chi connectivity index (χ2n) is 6.65. The van der Waals surface area contributed by atoms with Crippen molar-refractivity contribution in [2.24, 2.45) is 5.14 Å². The van der Waals surface area contributed by atoms with Crippen molar-refractivity contribution in [2.45, 2.75) is 36.6 Å². The number of nitrogens with one attached hydrogen (secondary N) is 1. The molecule has 0 spiro atoms. The molecular weight excluding hydrogens is 338 g/mol. The Hall–Kier alpha value is -2.19. The molecule has 25 heavy (non-hydrogen) atoms. The van der Waals surface area contributed by atoms with Crippen molar-refractivity contribution in [2.75, 3.05) is 23.8 Å². The molecular formula is C17H21N5O2S. The van der Waals surface area contributed by atoms with Crippen LogP contribution in [0.1, 0.15) is 35.6 Å². The second-order valence-corrected chi connectivity index (χ2v) is 8.21. The fourth-order valence-corrected chi connectivity index (χ4v) is 3.78. The molecule has 4 rings (SSSR count). The van der Waals surface area contributed by atoms with Gasteiger partial charge in [0.15, 0.2) is 0 Å². The molecule has 1 aliphatic carbocycles. The zero-order valence-electron chi connectivity index (χ0n) is 14.1. The third-order valence-corrected chi connectivity index (χ3v) is 5.71. The maximum absolute atomic E-state index is 11.6. The van der Waals surface area contributed by atoms with Crippen LogP contribution in [0.15, 0.2) is 29.2 Å². The Morgan fingerprint density at radius 1 is 1.20 bits per heavy atom. The molecule has 7 nitrogen and oxygen atoms in total. The number of aromatic nitrogens is 2. The SMILES string of the molecule is CNc1nc(C2CC2)cc(N2CCc3ccc(S(N)(=O)=O)cc3C2)n1. The van der Waals surface area contributed by atoms with Crippen LogP contribution in [0.25, 0.3) is 0 Å². The summed E-state index contributed by atoms with van der Waals surface area (Å²) in [5.74, 6) is 2.05. The molecule has 1 aromatic carbocycles. The molecule has 0 unspecified atom stereocenters. The van der Waals surface area contributed by atoms with Crippen molar-refractivity contribution in [3.63, 3.8) is 0 Å². The highest BCUT2D eigenvalue weighted by Gasteiger charge is 2.27. The van der Waals surface area contributed by atoms with E-state index in [2.05, 4.69) is 26.3 Å². The lowest BCUT2D eigenvalue weighted by atomic mass is 10.00. The van der Waals surface area contributed by atoms with Crippen molar-refractivity contribution in [1.82, 2.24) is 9.97 Å². The Morgan fingerprint density at radius 3 is 2.68 bits per heavy atom. The van der Waals surface area contributed by atoms with E-state index in [1.165, 1.54) is 12.8 Å². The molecule has 0 amide bonds. The standard InChI is InChI=1S/C17H21N5O2S/c1-19-17-20-15(12-2-3-12)9-16(21-17)22-7-6-11-4-5-14(25(18,23)24)8-13(11)10-22/h4-5,8-9,12H,2-3,6-7,10H2,1H3,(H2,18,23,24)(H,19,20,21). The number of sulfonamides is 1.